The van der Waals surface area contributed by atoms with Crippen LogP contribution in [0.4, 0.5) is 0 Å². The summed E-state index contributed by atoms with van der Waals surface area (Å²) in [4.78, 5) is 21.8. The second-order valence-electron chi connectivity index (χ2n) is 3.81. The van der Waals surface area contributed by atoms with Crippen LogP contribution in [0, 0.1) is 6.92 Å². The predicted octanol–water partition coefficient (Wildman–Crippen LogP) is 0.978. The Morgan fingerprint density at radius 3 is 2.56 bits per heavy atom. The third-order valence-corrected chi connectivity index (χ3v) is 2.55. The van der Waals surface area contributed by atoms with Gasteiger partial charge in [-0.1, -0.05) is 0 Å². The van der Waals surface area contributed by atoms with Gasteiger partial charge in [-0.15, -0.1) is 0 Å². The Kier molecular flexibility index (Phi) is 2.85. The molecule has 2 rings (SSSR count). The molecule has 0 fully saturated rings. The maximum absolute atomic E-state index is 10.9. The van der Waals surface area contributed by atoms with Crippen LogP contribution in [0.2, 0.25) is 0 Å². The molecule has 2 aromatic rings. The molecule has 0 spiro atoms. The first-order chi connectivity index (χ1) is 8.49. The van der Waals surface area contributed by atoms with Crippen molar-refractivity contribution >= 4 is 11.9 Å². The number of carboxylic acids is 1. The van der Waals surface area contributed by atoms with Gasteiger partial charge in [-0.25, -0.2) is 9.48 Å². The maximum Gasteiger partial charge on any atom is 0.335 e. The largest absolute Gasteiger partial charge is 0.478 e. The minimum Gasteiger partial charge on any atom is -0.478 e. The third kappa shape index (κ3) is 2.08. The molecule has 92 valence electrons. The molecule has 6 heteroatoms. The first kappa shape index (κ1) is 11.8. The second-order valence-corrected chi connectivity index (χ2v) is 3.81. The second kappa shape index (κ2) is 4.33. The van der Waals surface area contributed by atoms with Gasteiger partial charge in [0.05, 0.1) is 11.3 Å². The van der Waals surface area contributed by atoms with Crippen LogP contribution in [0.5, 0.6) is 0 Å². The molecule has 1 amide bonds. The van der Waals surface area contributed by atoms with Gasteiger partial charge in [-0.2, -0.15) is 5.10 Å². The van der Waals surface area contributed by atoms with Crippen LogP contribution in [0.15, 0.2) is 30.5 Å². The lowest BCUT2D eigenvalue weighted by Crippen LogP contribution is -2.12. The van der Waals surface area contributed by atoms with Crippen molar-refractivity contribution in [3.8, 4) is 5.69 Å². The molecular formula is C12H11N3O3. The summed E-state index contributed by atoms with van der Waals surface area (Å²) in [5, 5.41) is 12.9. The number of nitrogens with two attached hydrogens (primary N) is 1. The molecule has 1 aromatic carbocycles. The standard InChI is InChI=1S/C12H11N3O3/c1-7-6-8(2-3-9(7)12(17)18)15-5-4-10(14-15)11(13)16/h2-6H,1H3,(H2,13,16)(H,17,18). The zero-order valence-corrected chi connectivity index (χ0v) is 9.62. The normalized spacial score (nSPS) is 10.3. The van der Waals surface area contributed by atoms with Crippen molar-refractivity contribution in [3.63, 3.8) is 0 Å². The number of primary amides is 1. The lowest BCUT2D eigenvalue weighted by molar-refractivity contribution is 0.0696. The number of carbonyl (C=O) groups is 2. The summed E-state index contributed by atoms with van der Waals surface area (Å²) in [5.41, 5.74) is 6.80. The fourth-order valence-corrected chi connectivity index (χ4v) is 1.63. The number of carboxylic acid groups (broad SMARTS) is 1. The van der Waals surface area contributed by atoms with Crippen LogP contribution >= 0.6 is 0 Å². The molecule has 1 aromatic heterocycles. The van der Waals surface area contributed by atoms with Gasteiger partial charge >= 0.3 is 5.97 Å². The van der Waals surface area contributed by atoms with E-state index in [9.17, 15) is 9.59 Å². The van der Waals surface area contributed by atoms with Crippen molar-refractivity contribution < 1.29 is 14.7 Å². The molecule has 1 heterocycles. The molecule has 0 aliphatic carbocycles. The Morgan fingerprint density at radius 1 is 1.33 bits per heavy atom. The highest BCUT2D eigenvalue weighted by Crippen LogP contribution is 2.14. The zero-order chi connectivity index (χ0) is 13.3. The highest BCUT2D eigenvalue weighted by atomic mass is 16.4. The van der Waals surface area contributed by atoms with Crippen molar-refractivity contribution in [2.45, 2.75) is 6.92 Å². The number of nitrogens with zero attached hydrogens (tertiary/aromatic N) is 2. The number of hydrogen-bond acceptors (Lipinski definition) is 3. The van der Waals surface area contributed by atoms with Gasteiger partial charge in [0.15, 0.2) is 0 Å². The fourth-order valence-electron chi connectivity index (χ4n) is 1.63. The molecule has 0 saturated carbocycles. The van der Waals surface area contributed by atoms with Crippen molar-refractivity contribution in [1.29, 1.82) is 0 Å². The Labute approximate surface area is 103 Å². The van der Waals surface area contributed by atoms with Gasteiger partial charge in [0, 0.05) is 6.20 Å². The van der Waals surface area contributed by atoms with E-state index in [1.807, 2.05) is 0 Å². The quantitative estimate of drug-likeness (QED) is 0.841. The zero-order valence-electron chi connectivity index (χ0n) is 9.62. The van der Waals surface area contributed by atoms with Crippen molar-refractivity contribution in [1.82, 2.24) is 9.78 Å². The highest BCUT2D eigenvalue weighted by Gasteiger charge is 2.10. The Hall–Kier alpha value is -2.63. The molecule has 0 radical (unpaired) electrons. The molecule has 0 unspecified atom stereocenters. The van der Waals surface area contributed by atoms with E-state index in [0.717, 1.165) is 0 Å². The predicted molar refractivity (Wildman–Crippen MR) is 63.8 cm³/mol. The van der Waals surface area contributed by atoms with Crippen LogP contribution in [-0.2, 0) is 0 Å². The van der Waals surface area contributed by atoms with Gasteiger partial charge in [0.2, 0.25) is 0 Å². The molecule has 0 bridgehead atoms. The summed E-state index contributed by atoms with van der Waals surface area (Å²) in [7, 11) is 0. The maximum atomic E-state index is 10.9. The molecule has 6 nitrogen and oxygen atoms in total. The molecule has 0 saturated heterocycles. The Morgan fingerprint density at radius 2 is 2.06 bits per heavy atom. The summed E-state index contributed by atoms with van der Waals surface area (Å²) in [6, 6.07) is 6.30. The van der Waals surface area contributed by atoms with Crippen LogP contribution in [0.1, 0.15) is 26.4 Å². The lowest BCUT2D eigenvalue weighted by atomic mass is 10.1. The number of aromatic carboxylic acids is 1. The molecular weight excluding hydrogens is 234 g/mol. The first-order valence-electron chi connectivity index (χ1n) is 5.19. The van der Waals surface area contributed by atoms with E-state index >= 15 is 0 Å². The monoisotopic (exact) mass is 245 g/mol. The number of rotatable bonds is 3. The summed E-state index contributed by atoms with van der Waals surface area (Å²) < 4.78 is 1.47. The number of aryl methyl sites for hydroxylation is 1. The van der Waals surface area contributed by atoms with Crippen LogP contribution in [0.3, 0.4) is 0 Å². The number of benzene rings is 1. The number of hydrogen-bond donors (Lipinski definition) is 2. The van der Waals surface area contributed by atoms with Crippen LogP contribution in [-0.4, -0.2) is 26.8 Å². The van der Waals surface area contributed by atoms with E-state index < -0.39 is 11.9 Å². The lowest BCUT2D eigenvalue weighted by Gasteiger charge is -2.05. The van der Waals surface area contributed by atoms with Crippen molar-refractivity contribution in [2.24, 2.45) is 5.73 Å². The Balaban J connectivity index is 2.42. The van der Waals surface area contributed by atoms with Gasteiger partial charge in [-0.3, -0.25) is 4.79 Å². The van der Waals surface area contributed by atoms with Crippen LogP contribution < -0.4 is 5.73 Å². The number of aromatic nitrogens is 2. The number of carbonyl (C=O) groups excluding carboxylic acids is 1. The van der Waals surface area contributed by atoms with E-state index in [4.69, 9.17) is 10.8 Å². The average Bonchev–Trinajstić information content (AvgIpc) is 2.77. The fraction of sp³-hybridized carbons (Fsp3) is 0.0833. The SMILES string of the molecule is Cc1cc(-n2ccc(C(N)=O)n2)ccc1C(=O)O. The number of amides is 1. The van der Waals surface area contributed by atoms with E-state index in [1.165, 1.54) is 16.8 Å². The summed E-state index contributed by atoms with van der Waals surface area (Å²) in [5.74, 6) is -1.58. The van der Waals surface area contributed by atoms with E-state index in [-0.39, 0.29) is 11.3 Å². The molecule has 18 heavy (non-hydrogen) atoms. The minimum atomic E-state index is -0.975. The average molecular weight is 245 g/mol. The van der Waals surface area contributed by atoms with Gasteiger partial charge in [-0.05, 0) is 36.8 Å². The summed E-state index contributed by atoms with van der Waals surface area (Å²) in [6.07, 6.45) is 1.59. The minimum absolute atomic E-state index is 0.162. The van der Waals surface area contributed by atoms with E-state index in [2.05, 4.69) is 5.10 Å². The molecule has 0 aliphatic rings. The molecule has 0 atom stereocenters. The molecule has 3 N–H and O–H groups in total. The smallest absolute Gasteiger partial charge is 0.335 e. The van der Waals surface area contributed by atoms with Crippen LogP contribution in [0.25, 0.3) is 5.69 Å². The summed E-state index contributed by atoms with van der Waals surface area (Å²) in [6.45, 7) is 1.70. The van der Waals surface area contributed by atoms with E-state index in [0.29, 0.717) is 11.3 Å². The van der Waals surface area contributed by atoms with Crippen molar-refractivity contribution in [2.75, 3.05) is 0 Å². The van der Waals surface area contributed by atoms with Gasteiger partial charge in [0.25, 0.3) is 5.91 Å². The van der Waals surface area contributed by atoms with Crippen molar-refractivity contribution in [3.05, 3.63) is 47.3 Å². The first-order valence-corrected chi connectivity index (χ1v) is 5.19. The summed E-state index contributed by atoms with van der Waals surface area (Å²) >= 11 is 0. The van der Waals surface area contributed by atoms with E-state index in [1.54, 1.807) is 25.3 Å². The topological polar surface area (TPSA) is 98.2 Å². The highest BCUT2D eigenvalue weighted by molar-refractivity contribution is 5.91. The third-order valence-electron chi connectivity index (χ3n) is 2.55. The molecule has 0 aliphatic heterocycles. The van der Waals surface area contributed by atoms with Gasteiger partial charge in [0.1, 0.15) is 5.69 Å². The Bertz CT molecular complexity index is 631. The van der Waals surface area contributed by atoms with Gasteiger partial charge < -0.3 is 10.8 Å².